The zero-order chi connectivity index (χ0) is 15.3. The average Bonchev–Trinajstić information content (AvgIpc) is 2.37. The van der Waals surface area contributed by atoms with Gasteiger partial charge in [-0.15, -0.1) is 0 Å². The number of aryl methyl sites for hydroxylation is 1. The quantitative estimate of drug-likeness (QED) is 0.798. The number of hydrogen-bond donors (Lipinski definition) is 3. The predicted molar refractivity (Wildman–Crippen MR) is 69.5 cm³/mol. The highest BCUT2D eigenvalue weighted by molar-refractivity contribution is 5.90. The van der Waals surface area contributed by atoms with Gasteiger partial charge < -0.3 is 15.7 Å². The van der Waals surface area contributed by atoms with Crippen LogP contribution in [0.2, 0.25) is 0 Å². The number of carbonyl (C=O) groups excluding carboxylic acids is 1. The Labute approximate surface area is 115 Å². The van der Waals surface area contributed by atoms with Gasteiger partial charge in [0, 0.05) is 5.69 Å². The standard InChI is InChI=1S/C13H17F3N2O2/c1-3-10(7-19)17-12(20)18-11-6-9(13(14,15)16)5-4-8(11)2/h4-6,10,19H,3,7H2,1-2H3,(H2,17,18,20). The summed E-state index contributed by atoms with van der Waals surface area (Å²) in [5.74, 6) is 0. The number of urea groups is 1. The van der Waals surface area contributed by atoms with Crippen LogP contribution in [0.15, 0.2) is 18.2 Å². The van der Waals surface area contributed by atoms with E-state index in [2.05, 4.69) is 10.6 Å². The van der Waals surface area contributed by atoms with Crippen molar-refractivity contribution in [1.82, 2.24) is 5.32 Å². The van der Waals surface area contributed by atoms with Gasteiger partial charge in [-0.05, 0) is 31.0 Å². The Kier molecular flexibility index (Phi) is 5.38. The molecule has 0 fully saturated rings. The highest BCUT2D eigenvalue weighted by atomic mass is 19.4. The molecular formula is C13H17F3N2O2. The Morgan fingerprint density at radius 2 is 2.05 bits per heavy atom. The highest BCUT2D eigenvalue weighted by Crippen LogP contribution is 2.31. The number of anilines is 1. The normalized spacial score (nSPS) is 12.9. The molecule has 0 saturated heterocycles. The molecule has 0 heterocycles. The number of aliphatic hydroxyl groups is 1. The minimum absolute atomic E-state index is 0.0881. The number of benzene rings is 1. The van der Waals surface area contributed by atoms with Gasteiger partial charge >= 0.3 is 12.2 Å². The van der Waals surface area contributed by atoms with Crippen LogP contribution in [0, 0.1) is 6.92 Å². The Hall–Kier alpha value is -1.76. The van der Waals surface area contributed by atoms with Crippen LogP contribution in [0.3, 0.4) is 0 Å². The number of alkyl halides is 3. The summed E-state index contributed by atoms with van der Waals surface area (Å²) in [4.78, 5) is 11.6. The van der Waals surface area contributed by atoms with Crippen molar-refractivity contribution in [3.05, 3.63) is 29.3 Å². The van der Waals surface area contributed by atoms with Crippen molar-refractivity contribution in [2.45, 2.75) is 32.5 Å². The van der Waals surface area contributed by atoms with E-state index in [1.54, 1.807) is 13.8 Å². The SMILES string of the molecule is CCC(CO)NC(=O)Nc1cc(C(F)(F)F)ccc1C. The zero-order valence-electron chi connectivity index (χ0n) is 11.2. The Morgan fingerprint density at radius 3 is 2.55 bits per heavy atom. The molecule has 0 aliphatic rings. The summed E-state index contributed by atoms with van der Waals surface area (Å²) >= 11 is 0. The fourth-order valence-electron chi connectivity index (χ4n) is 1.55. The van der Waals surface area contributed by atoms with Gasteiger partial charge in [0.2, 0.25) is 0 Å². The van der Waals surface area contributed by atoms with E-state index in [0.717, 1.165) is 12.1 Å². The molecule has 4 nitrogen and oxygen atoms in total. The Bertz CT molecular complexity index is 471. The lowest BCUT2D eigenvalue weighted by molar-refractivity contribution is -0.137. The van der Waals surface area contributed by atoms with Crippen LogP contribution in [0.4, 0.5) is 23.7 Å². The van der Waals surface area contributed by atoms with E-state index in [1.807, 2.05) is 0 Å². The topological polar surface area (TPSA) is 61.4 Å². The highest BCUT2D eigenvalue weighted by Gasteiger charge is 2.30. The summed E-state index contributed by atoms with van der Waals surface area (Å²) in [6.07, 6.45) is -3.94. The lowest BCUT2D eigenvalue weighted by Crippen LogP contribution is -2.39. The molecule has 0 saturated carbocycles. The molecular weight excluding hydrogens is 273 g/mol. The third kappa shape index (κ3) is 4.41. The largest absolute Gasteiger partial charge is 0.416 e. The lowest BCUT2D eigenvalue weighted by Gasteiger charge is -2.16. The maximum atomic E-state index is 12.6. The van der Waals surface area contributed by atoms with E-state index in [4.69, 9.17) is 5.11 Å². The maximum absolute atomic E-state index is 12.6. The monoisotopic (exact) mass is 290 g/mol. The van der Waals surface area contributed by atoms with Crippen molar-refractivity contribution in [2.75, 3.05) is 11.9 Å². The molecule has 0 radical (unpaired) electrons. The molecule has 1 aromatic rings. The first-order valence-electron chi connectivity index (χ1n) is 6.14. The average molecular weight is 290 g/mol. The van der Waals surface area contributed by atoms with Gasteiger partial charge in [0.25, 0.3) is 0 Å². The number of nitrogens with one attached hydrogen (secondary N) is 2. The van der Waals surface area contributed by atoms with Crippen LogP contribution in [-0.2, 0) is 6.18 Å². The predicted octanol–water partition coefficient (Wildman–Crippen LogP) is 2.91. The fraction of sp³-hybridized carbons (Fsp3) is 0.462. The molecule has 2 amide bonds. The number of rotatable bonds is 4. The van der Waals surface area contributed by atoms with Gasteiger partial charge in [-0.1, -0.05) is 13.0 Å². The van der Waals surface area contributed by atoms with Crippen LogP contribution in [-0.4, -0.2) is 23.8 Å². The Morgan fingerprint density at radius 1 is 1.40 bits per heavy atom. The van der Waals surface area contributed by atoms with Gasteiger partial charge in [0.05, 0.1) is 18.2 Å². The second-order valence-corrected chi connectivity index (χ2v) is 4.41. The third-order valence-electron chi connectivity index (χ3n) is 2.86. The summed E-state index contributed by atoms with van der Waals surface area (Å²) < 4.78 is 37.8. The third-order valence-corrected chi connectivity index (χ3v) is 2.86. The minimum atomic E-state index is -4.46. The van der Waals surface area contributed by atoms with E-state index in [9.17, 15) is 18.0 Å². The number of hydrogen-bond acceptors (Lipinski definition) is 2. The van der Waals surface area contributed by atoms with E-state index in [1.165, 1.54) is 6.07 Å². The molecule has 112 valence electrons. The van der Waals surface area contributed by atoms with Crippen LogP contribution in [0.25, 0.3) is 0 Å². The molecule has 1 atom stereocenters. The number of aliphatic hydroxyl groups excluding tert-OH is 1. The molecule has 3 N–H and O–H groups in total. The second-order valence-electron chi connectivity index (χ2n) is 4.41. The molecule has 0 bridgehead atoms. The van der Waals surface area contributed by atoms with Crippen LogP contribution in [0.1, 0.15) is 24.5 Å². The van der Waals surface area contributed by atoms with E-state index in [0.29, 0.717) is 12.0 Å². The van der Waals surface area contributed by atoms with Gasteiger partial charge in [-0.3, -0.25) is 0 Å². The fourth-order valence-corrected chi connectivity index (χ4v) is 1.55. The van der Waals surface area contributed by atoms with Crippen molar-refractivity contribution < 1.29 is 23.1 Å². The van der Waals surface area contributed by atoms with Gasteiger partial charge in [-0.2, -0.15) is 13.2 Å². The van der Waals surface area contributed by atoms with E-state index >= 15 is 0 Å². The summed E-state index contributed by atoms with van der Waals surface area (Å²) in [6.45, 7) is 3.14. The molecule has 7 heteroatoms. The number of carbonyl (C=O) groups is 1. The van der Waals surface area contributed by atoms with Crippen molar-refractivity contribution in [3.63, 3.8) is 0 Å². The molecule has 0 aromatic heterocycles. The number of amides is 2. The maximum Gasteiger partial charge on any atom is 0.416 e. The molecule has 1 aromatic carbocycles. The molecule has 0 spiro atoms. The molecule has 1 unspecified atom stereocenters. The molecule has 20 heavy (non-hydrogen) atoms. The van der Waals surface area contributed by atoms with Crippen LogP contribution >= 0.6 is 0 Å². The molecule has 1 rings (SSSR count). The smallest absolute Gasteiger partial charge is 0.394 e. The first-order chi connectivity index (χ1) is 9.27. The zero-order valence-corrected chi connectivity index (χ0v) is 11.2. The van der Waals surface area contributed by atoms with E-state index < -0.39 is 23.8 Å². The van der Waals surface area contributed by atoms with E-state index in [-0.39, 0.29) is 12.3 Å². The minimum Gasteiger partial charge on any atom is -0.394 e. The van der Waals surface area contributed by atoms with Gasteiger partial charge in [0.15, 0.2) is 0 Å². The summed E-state index contributed by atoms with van der Waals surface area (Å²) in [6, 6.07) is 2.06. The molecule has 0 aliphatic carbocycles. The van der Waals surface area contributed by atoms with Crippen molar-refractivity contribution in [3.8, 4) is 0 Å². The summed E-state index contributed by atoms with van der Waals surface area (Å²) in [5, 5.41) is 13.8. The van der Waals surface area contributed by atoms with Crippen molar-refractivity contribution in [1.29, 1.82) is 0 Å². The first kappa shape index (κ1) is 16.3. The van der Waals surface area contributed by atoms with Crippen molar-refractivity contribution in [2.24, 2.45) is 0 Å². The van der Waals surface area contributed by atoms with Crippen LogP contribution in [0.5, 0.6) is 0 Å². The summed E-state index contributed by atoms with van der Waals surface area (Å²) in [7, 11) is 0. The summed E-state index contributed by atoms with van der Waals surface area (Å²) in [5.41, 5.74) is -0.220. The Balaban J connectivity index is 2.84. The lowest BCUT2D eigenvalue weighted by atomic mass is 10.1. The number of halogens is 3. The van der Waals surface area contributed by atoms with Gasteiger partial charge in [-0.25, -0.2) is 4.79 Å². The second kappa shape index (κ2) is 6.60. The molecule has 0 aliphatic heterocycles. The first-order valence-corrected chi connectivity index (χ1v) is 6.14. The van der Waals surface area contributed by atoms with Gasteiger partial charge in [0.1, 0.15) is 0 Å². The van der Waals surface area contributed by atoms with Crippen molar-refractivity contribution >= 4 is 11.7 Å². The van der Waals surface area contributed by atoms with Crippen LogP contribution < -0.4 is 10.6 Å².